The summed E-state index contributed by atoms with van der Waals surface area (Å²) in [7, 11) is 1.56. The summed E-state index contributed by atoms with van der Waals surface area (Å²) in [6.07, 6.45) is 0.180. The van der Waals surface area contributed by atoms with Crippen LogP contribution in [0.1, 0.15) is 11.1 Å². The quantitative estimate of drug-likeness (QED) is 0.888. The number of hydrogen-bond acceptors (Lipinski definition) is 3. The number of halogens is 1. The third-order valence-corrected chi connectivity index (χ3v) is 3.09. The molecule has 1 amide bonds. The zero-order chi connectivity index (χ0) is 15.2. The first-order valence-corrected chi connectivity index (χ1v) is 6.54. The molecule has 3 N–H and O–H groups in total. The summed E-state index contributed by atoms with van der Waals surface area (Å²) in [4.78, 5) is 12.0. The number of nitrogens with two attached hydrogens (primary N) is 1. The monoisotopic (exact) mass is 288 g/mol. The van der Waals surface area contributed by atoms with Crippen molar-refractivity contribution in [1.82, 2.24) is 0 Å². The third-order valence-electron chi connectivity index (χ3n) is 3.09. The van der Waals surface area contributed by atoms with Gasteiger partial charge in [-0.25, -0.2) is 4.39 Å². The average molecular weight is 288 g/mol. The molecule has 0 saturated heterocycles. The van der Waals surface area contributed by atoms with Crippen LogP contribution in [0.2, 0.25) is 0 Å². The fourth-order valence-electron chi connectivity index (χ4n) is 2.04. The van der Waals surface area contributed by atoms with Gasteiger partial charge in [-0.2, -0.15) is 0 Å². The Kier molecular flexibility index (Phi) is 4.90. The summed E-state index contributed by atoms with van der Waals surface area (Å²) >= 11 is 0. The molecule has 2 aromatic rings. The number of anilines is 1. The first-order valence-electron chi connectivity index (χ1n) is 6.54. The van der Waals surface area contributed by atoms with Gasteiger partial charge >= 0.3 is 0 Å². The van der Waals surface area contributed by atoms with E-state index in [4.69, 9.17) is 10.5 Å². The van der Waals surface area contributed by atoms with Gasteiger partial charge in [-0.05, 0) is 24.3 Å². The third kappa shape index (κ3) is 3.79. The summed E-state index contributed by atoms with van der Waals surface area (Å²) in [5.74, 6) is 0.0868. The highest BCUT2D eigenvalue weighted by Crippen LogP contribution is 2.19. The number of nitrogens with one attached hydrogen (secondary N) is 1. The average Bonchev–Trinajstić information content (AvgIpc) is 2.49. The molecule has 0 aliphatic rings. The zero-order valence-electron chi connectivity index (χ0n) is 11.7. The Morgan fingerprint density at radius 1 is 1.24 bits per heavy atom. The lowest BCUT2D eigenvalue weighted by atomic mass is 10.1. The standard InChI is InChI=1S/C16H17FN2O2/c1-21-15-5-3-2-4-11(15)9-16(20)19-13-6-7-14(17)12(8-13)10-18/h2-8H,9-10,18H2,1H3,(H,19,20). The molecule has 2 aromatic carbocycles. The van der Waals surface area contributed by atoms with Gasteiger partial charge < -0.3 is 15.8 Å². The summed E-state index contributed by atoms with van der Waals surface area (Å²) in [6, 6.07) is 11.6. The molecule has 4 nitrogen and oxygen atoms in total. The fourth-order valence-corrected chi connectivity index (χ4v) is 2.04. The summed E-state index contributed by atoms with van der Waals surface area (Å²) in [5.41, 5.74) is 7.12. The van der Waals surface area contributed by atoms with Crippen molar-refractivity contribution in [3.05, 3.63) is 59.4 Å². The SMILES string of the molecule is COc1ccccc1CC(=O)Nc1ccc(F)c(CN)c1. The summed E-state index contributed by atoms with van der Waals surface area (Å²) in [5, 5.41) is 2.73. The van der Waals surface area contributed by atoms with E-state index < -0.39 is 0 Å². The van der Waals surface area contributed by atoms with E-state index in [0.29, 0.717) is 17.0 Å². The summed E-state index contributed by atoms with van der Waals surface area (Å²) in [6.45, 7) is 0.0854. The molecule has 0 heterocycles. The number of carbonyl (C=O) groups is 1. The van der Waals surface area contributed by atoms with Crippen LogP contribution in [-0.2, 0) is 17.8 Å². The van der Waals surface area contributed by atoms with Gasteiger partial charge in [-0.3, -0.25) is 4.79 Å². The largest absolute Gasteiger partial charge is 0.496 e. The molecule has 0 fully saturated rings. The van der Waals surface area contributed by atoms with Crippen LogP contribution in [0.3, 0.4) is 0 Å². The second kappa shape index (κ2) is 6.85. The van der Waals surface area contributed by atoms with Gasteiger partial charge in [0.2, 0.25) is 5.91 Å². The first-order chi connectivity index (χ1) is 10.1. The van der Waals surface area contributed by atoms with Crippen molar-refractivity contribution in [1.29, 1.82) is 0 Å². The molecule has 110 valence electrons. The fraction of sp³-hybridized carbons (Fsp3) is 0.188. The number of amides is 1. The lowest BCUT2D eigenvalue weighted by molar-refractivity contribution is -0.115. The highest BCUT2D eigenvalue weighted by atomic mass is 19.1. The maximum absolute atomic E-state index is 13.3. The van der Waals surface area contributed by atoms with Crippen molar-refractivity contribution >= 4 is 11.6 Å². The molecule has 5 heteroatoms. The molecular formula is C16H17FN2O2. The van der Waals surface area contributed by atoms with E-state index in [1.165, 1.54) is 18.2 Å². The molecule has 0 aliphatic heterocycles. The van der Waals surface area contributed by atoms with Gasteiger partial charge in [0.05, 0.1) is 13.5 Å². The molecule has 0 unspecified atom stereocenters. The second-order valence-corrected chi connectivity index (χ2v) is 4.55. The van der Waals surface area contributed by atoms with Crippen molar-refractivity contribution < 1.29 is 13.9 Å². The minimum atomic E-state index is -0.375. The molecule has 0 saturated carbocycles. The van der Waals surface area contributed by atoms with Gasteiger partial charge in [0.15, 0.2) is 0 Å². The second-order valence-electron chi connectivity index (χ2n) is 4.55. The molecule has 0 spiro atoms. The minimum Gasteiger partial charge on any atom is -0.496 e. The Morgan fingerprint density at radius 3 is 2.71 bits per heavy atom. The molecule has 0 atom stereocenters. The van der Waals surface area contributed by atoms with E-state index >= 15 is 0 Å². The highest BCUT2D eigenvalue weighted by molar-refractivity contribution is 5.92. The highest BCUT2D eigenvalue weighted by Gasteiger charge is 2.09. The topological polar surface area (TPSA) is 64.3 Å². The van der Waals surface area contributed by atoms with Crippen LogP contribution in [0, 0.1) is 5.82 Å². The molecule has 21 heavy (non-hydrogen) atoms. The first kappa shape index (κ1) is 15.0. The van der Waals surface area contributed by atoms with Crippen molar-refractivity contribution in [3.8, 4) is 5.75 Å². The summed E-state index contributed by atoms with van der Waals surface area (Å²) < 4.78 is 18.5. The molecule has 0 aromatic heterocycles. The van der Waals surface area contributed by atoms with Crippen LogP contribution in [0.5, 0.6) is 5.75 Å². The zero-order valence-corrected chi connectivity index (χ0v) is 11.7. The number of methoxy groups -OCH3 is 1. The number of ether oxygens (including phenoxy) is 1. The molecule has 0 aliphatic carbocycles. The Labute approximate surface area is 122 Å². The molecule has 2 rings (SSSR count). The van der Waals surface area contributed by atoms with E-state index in [2.05, 4.69) is 5.32 Å². The smallest absolute Gasteiger partial charge is 0.228 e. The Morgan fingerprint density at radius 2 is 2.00 bits per heavy atom. The van der Waals surface area contributed by atoms with Gasteiger partial charge in [0.25, 0.3) is 0 Å². The van der Waals surface area contributed by atoms with Crippen LogP contribution in [0.4, 0.5) is 10.1 Å². The van der Waals surface area contributed by atoms with Crippen molar-refractivity contribution in [2.24, 2.45) is 5.73 Å². The predicted octanol–water partition coefficient (Wildman–Crippen LogP) is 2.47. The lowest BCUT2D eigenvalue weighted by Crippen LogP contribution is -2.15. The number of carbonyl (C=O) groups excluding carboxylic acids is 1. The number of benzene rings is 2. The predicted molar refractivity (Wildman–Crippen MR) is 79.6 cm³/mol. The van der Waals surface area contributed by atoms with Gasteiger partial charge in [-0.1, -0.05) is 18.2 Å². The Hall–Kier alpha value is -2.40. The van der Waals surface area contributed by atoms with Crippen LogP contribution in [0.15, 0.2) is 42.5 Å². The van der Waals surface area contributed by atoms with E-state index in [1.807, 2.05) is 18.2 Å². The maximum atomic E-state index is 13.3. The number of para-hydroxylation sites is 1. The van der Waals surface area contributed by atoms with E-state index in [0.717, 1.165) is 5.56 Å². The normalized spacial score (nSPS) is 10.2. The van der Waals surface area contributed by atoms with Crippen molar-refractivity contribution in [2.45, 2.75) is 13.0 Å². The van der Waals surface area contributed by atoms with Crippen molar-refractivity contribution in [2.75, 3.05) is 12.4 Å². The molecule has 0 bridgehead atoms. The maximum Gasteiger partial charge on any atom is 0.228 e. The number of rotatable bonds is 5. The Balaban J connectivity index is 2.08. The Bertz CT molecular complexity index is 644. The lowest BCUT2D eigenvalue weighted by Gasteiger charge is -2.10. The van der Waals surface area contributed by atoms with Crippen LogP contribution in [0.25, 0.3) is 0 Å². The molecular weight excluding hydrogens is 271 g/mol. The van der Waals surface area contributed by atoms with Gasteiger partial charge in [-0.15, -0.1) is 0 Å². The van der Waals surface area contributed by atoms with E-state index in [9.17, 15) is 9.18 Å². The van der Waals surface area contributed by atoms with Crippen LogP contribution in [-0.4, -0.2) is 13.0 Å². The number of hydrogen-bond donors (Lipinski definition) is 2. The van der Waals surface area contributed by atoms with E-state index in [1.54, 1.807) is 13.2 Å². The molecule has 0 radical (unpaired) electrons. The van der Waals surface area contributed by atoms with Gasteiger partial charge in [0.1, 0.15) is 11.6 Å². The van der Waals surface area contributed by atoms with Crippen LogP contribution < -0.4 is 15.8 Å². The van der Waals surface area contributed by atoms with E-state index in [-0.39, 0.29) is 24.7 Å². The van der Waals surface area contributed by atoms with Crippen molar-refractivity contribution in [3.63, 3.8) is 0 Å². The van der Waals surface area contributed by atoms with Gasteiger partial charge in [0, 0.05) is 23.4 Å². The minimum absolute atomic E-state index is 0.0854. The van der Waals surface area contributed by atoms with Crippen LogP contribution >= 0.6 is 0 Å².